The van der Waals surface area contributed by atoms with Gasteiger partial charge in [-0.1, -0.05) is 6.07 Å². The summed E-state index contributed by atoms with van der Waals surface area (Å²) in [5.74, 6) is 4.24. The number of ether oxygens (including phenoxy) is 4. The Bertz CT molecular complexity index is 1450. The first-order chi connectivity index (χ1) is 18.6. The summed E-state index contributed by atoms with van der Waals surface area (Å²) in [7, 11) is 8.44. The molecule has 0 saturated carbocycles. The summed E-state index contributed by atoms with van der Waals surface area (Å²) in [6, 6.07) is 10.1. The summed E-state index contributed by atoms with van der Waals surface area (Å²) in [6.07, 6.45) is 3.35. The number of hydrogen-bond acceptors (Lipinski definition) is 10. The van der Waals surface area contributed by atoms with Crippen LogP contribution in [0, 0.1) is 0 Å². The third-order valence-electron chi connectivity index (χ3n) is 6.79. The number of methoxy groups -OCH3 is 4. The zero-order valence-corrected chi connectivity index (χ0v) is 23.6. The standard InChI is InChI=1S/C27H33N7O4.ClH/c1-28-34-16-30-25-24(34)26(33-11-9-18-13-22(37-4)23(38-5)14-19(18)15-33)32-27(31-25)29-10-8-17-6-7-20(35-2)21(12-17)36-3;/h6-7,12-14,16,28H,8-11,15H2,1-5H3,(H,29,31,32);1H. The zero-order chi connectivity index (χ0) is 26.6. The van der Waals surface area contributed by atoms with Crippen LogP contribution in [0.5, 0.6) is 23.0 Å². The van der Waals surface area contributed by atoms with E-state index in [-0.39, 0.29) is 12.4 Å². The Morgan fingerprint density at radius 1 is 0.872 bits per heavy atom. The van der Waals surface area contributed by atoms with Crippen LogP contribution in [0.15, 0.2) is 36.7 Å². The van der Waals surface area contributed by atoms with E-state index in [1.807, 2.05) is 29.9 Å². The Labute approximate surface area is 233 Å². The highest BCUT2D eigenvalue weighted by Crippen LogP contribution is 2.35. The van der Waals surface area contributed by atoms with Gasteiger partial charge in [0.15, 0.2) is 40.0 Å². The fraction of sp³-hybridized carbons (Fsp3) is 0.370. The van der Waals surface area contributed by atoms with E-state index in [9.17, 15) is 0 Å². The molecule has 3 heterocycles. The van der Waals surface area contributed by atoms with Gasteiger partial charge in [0.2, 0.25) is 5.95 Å². The Morgan fingerprint density at radius 3 is 2.26 bits per heavy atom. The highest BCUT2D eigenvalue weighted by atomic mass is 35.5. The molecule has 0 bridgehead atoms. The lowest BCUT2D eigenvalue weighted by Gasteiger charge is -2.31. The first-order valence-electron chi connectivity index (χ1n) is 12.4. The third kappa shape index (κ3) is 5.53. The molecule has 0 spiro atoms. The van der Waals surface area contributed by atoms with E-state index in [1.165, 1.54) is 11.1 Å². The van der Waals surface area contributed by atoms with Crippen LogP contribution >= 0.6 is 12.4 Å². The molecule has 11 nitrogen and oxygen atoms in total. The minimum absolute atomic E-state index is 0. The number of halogens is 1. The molecule has 0 radical (unpaired) electrons. The van der Waals surface area contributed by atoms with Gasteiger partial charge in [-0.05, 0) is 53.8 Å². The van der Waals surface area contributed by atoms with Gasteiger partial charge in [0, 0.05) is 26.7 Å². The van der Waals surface area contributed by atoms with E-state index in [2.05, 4.69) is 37.7 Å². The van der Waals surface area contributed by atoms with Crippen molar-refractivity contribution in [3.8, 4) is 23.0 Å². The first kappa shape index (κ1) is 27.9. The molecular weight excluding hydrogens is 522 g/mol. The maximum absolute atomic E-state index is 5.55. The average molecular weight is 556 g/mol. The van der Waals surface area contributed by atoms with Crippen LogP contribution in [0.25, 0.3) is 11.2 Å². The Balaban J connectivity index is 0.00000353. The molecule has 1 aliphatic rings. The first-order valence-corrected chi connectivity index (χ1v) is 12.4. The maximum atomic E-state index is 5.55. The van der Waals surface area contributed by atoms with Gasteiger partial charge in [0.05, 0.1) is 28.4 Å². The summed E-state index contributed by atoms with van der Waals surface area (Å²) < 4.78 is 23.7. The van der Waals surface area contributed by atoms with Crippen molar-refractivity contribution in [1.82, 2.24) is 19.6 Å². The van der Waals surface area contributed by atoms with E-state index < -0.39 is 0 Å². The Kier molecular flexibility index (Phi) is 8.70. The van der Waals surface area contributed by atoms with E-state index >= 15 is 0 Å². The van der Waals surface area contributed by atoms with Crippen molar-refractivity contribution in [3.05, 3.63) is 53.3 Å². The monoisotopic (exact) mass is 555 g/mol. The quantitative estimate of drug-likeness (QED) is 0.301. The molecule has 208 valence electrons. The van der Waals surface area contributed by atoms with Crippen LogP contribution in [0.3, 0.4) is 0 Å². The van der Waals surface area contributed by atoms with Crippen LogP contribution < -0.4 is 34.6 Å². The number of fused-ring (bicyclic) bond motifs is 2. The second kappa shape index (κ2) is 12.2. The summed E-state index contributed by atoms with van der Waals surface area (Å²) in [5, 5.41) is 3.38. The fourth-order valence-corrected chi connectivity index (χ4v) is 4.79. The van der Waals surface area contributed by atoms with Crippen molar-refractivity contribution >= 4 is 35.3 Å². The van der Waals surface area contributed by atoms with Crippen molar-refractivity contribution in [2.24, 2.45) is 0 Å². The van der Waals surface area contributed by atoms with Gasteiger partial charge in [-0.2, -0.15) is 9.97 Å². The third-order valence-corrected chi connectivity index (χ3v) is 6.79. The molecule has 2 aromatic carbocycles. The van der Waals surface area contributed by atoms with Gasteiger partial charge < -0.3 is 34.6 Å². The molecule has 1 aliphatic heterocycles. The average Bonchev–Trinajstić information content (AvgIpc) is 3.38. The van der Waals surface area contributed by atoms with Crippen LogP contribution in [0.4, 0.5) is 11.8 Å². The molecule has 12 heteroatoms. The van der Waals surface area contributed by atoms with Crippen molar-refractivity contribution in [1.29, 1.82) is 0 Å². The summed E-state index contributed by atoms with van der Waals surface area (Å²) in [5.41, 5.74) is 8.16. The molecule has 2 aromatic heterocycles. The summed E-state index contributed by atoms with van der Waals surface area (Å²) in [6.45, 7) is 2.13. The Morgan fingerprint density at radius 2 is 1.56 bits per heavy atom. The molecule has 0 unspecified atom stereocenters. The molecule has 39 heavy (non-hydrogen) atoms. The molecule has 5 rings (SSSR count). The molecule has 0 atom stereocenters. The van der Waals surface area contributed by atoms with Gasteiger partial charge in [0.1, 0.15) is 6.33 Å². The van der Waals surface area contributed by atoms with E-state index in [0.29, 0.717) is 36.2 Å². The van der Waals surface area contributed by atoms with E-state index in [0.717, 1.165) is 47.8 Å². The van der Waals surface area contributed by atoms with Crippen molar-refractivity contribution in [2.45, 2.75) is 19.4 Å². The number of anilines is 2. The van der Waals surface area contributed by atoms with E-state index in [1.54, 1.807) is 34.8 Å². The predicted molar refractivity (Wildman–Crippen MR) is 154 cm³/mol. The lowest BCUT2D eigenvalue weighted by Crippen LogP contribution is -2.32. The summed E-state index contributed by atoms with van der Waals surface area (Å²) in [4.78, 5) is 16.4. The number of hydrogen-bond donors (Lipinski definition) is 2. The Hall–Kier alpha value is -4.12. The topological polar surface area (TPSA) is 108 Å². The normalized spacial score (nSPS) is 12.4. The van der Waals surface area contributed by atoms with Crippen LogP contribution in [-0.4, -0.2) is 68.2 Å². The highest BCUT2D eigenvalue weighted by molar-refractivity contribution is 5.86. The van der Waals surface area contributed by atoms with Gasteiger partial charge in [-0.15, -0.1) is 12.4 Å². The number of nitrogens with zero attached hydrogens (tertiary/aromatic N) is 5. The number of aromatic nitrogens is 4. The molecule has 0 saturated heterocycles. The van der Waals surface area contributed by atoms with Crippen molar-refractivity contribution in [3.63, 3.8) is 0 Å². The summed E-state index contributed by atoms with van der Waals surface area (Å²) >= 11 is 0. The maximum Gasteiger partial charge on any atom is 0.226 e. The second-order valence-corrected chi connectivity index (χ2v) is 8.89. The molecule has 0 amide bonds. The number of benzene rings is 2. The van der Waals surface area contributed by atoms with Crippen LogP contribution in [0.2, 0.25) is 0 Å². The smallest absolute Gasteiger partial charge is 0.226 e. The molecule has 0 fully saturated rings. The number of imidazole rings is 1. The minimum Gasteiger partial charge on any atom is -0.493 e. The van der Waals surface area contributed by atoms with Crippen LogP contribution in [-0.2, 0) is 19.4 Å². The molecule has 0 aliphatic carbocycles. The van der Waals surface area contributed by atoms with Crippen molar-refractivity contribution < 1.29 is 18.9 Å². The lowest BCUT2D eigenvalue weighted by atomic mass is 9.98. The van der Waals surface area contributed by atoms with Gasteiger partial charge in [-0.3, -0.25) is 0 Å². The fourth-order valence-electron chi connectivity index (χ4n) is 4.79. The van der Waals surface area contributed by atoms with Crippen LogP contribution in [0.1, 0.15) is 16.7 Å². The van der Waals surface area contributed by atoms with Gasteiger partial charge in [-0.25, -0.2) is 9.66 Å². The number of nitrogens with one attached hydrogen (secondary N) is 2. The second-order valence-electron chi connectivity index (χ2n) is 8.89. The highest BCUT2D eigenvalue weighted by Gasteiger charge is 2.24. The lowest BCUT2D eigenvalue weighted by molar-refractivity contribution is 0.353. The zero-order valence-electron chi connectivity index (χ0n) is 22.8. The molecule has 4 aromatic rings. The van der Waals surface area contributed by atoms with Crippen molar-refractivity contribution in [2.75, 3.05) is 64.2 Å². The number of rotatable bonds is 10. The molecular formula is C27H34ClN7O4. The van der Waals surface area contributed by atoms with E-state index in [4.69, 9.17) is 23.9 Å². The van der Waals surface area contributed by atoms with Gasteiger partial charge in [0.25, 0.3) is 0 Å². The SMILES string of the molecule is CNn1cnc2nc(NCCc3ccc(OC)c(OC)c3)nc(N3CCc4cc(OC)c(OC)cc4C3)c21.Cl. The predicted octanol–water partition coefficient (Wildman–Crippen LogP) is 3.67. The van der Waals surface area contributed by atoms with Gasteiger partial charge >= 0.3 is 0 Å². The molecule has 2 N–H and O–H groups in total. The largest absolute Gasteiger partial charge is 0.493 e. The minimum atomic E-state index is 0.